The normalized spacial score (nSPS) is 50.3. The third kappa shape index (κ3) is 10.8. The lowest BCUT2D eigenvalue weighted by Gasteiger charge is -2.57. The van der Waals surface area contributed by atoms with Gasteiger partial charge in [-0.05, 0) is 106 Å². The molecule has 27 atom stereocenters. The maximum absolute atomic E-state index is 14.1. The van der Waals surface area contributed by atoms with Crippen molar-refractivity contribution >= 4 is 11.6 Å². The van der Waals surface area contributed by atoms with E-state index in [1.807, 2.05) is 6.92 Å². The Balaban J connectivity index is 0.932. The number of hydrogen-bond donors (Lipinski definition) is 12. The monoisotopic (exact) mass is 1040 g/mol. The van der Waals surface area contributed by atoms with E-state index in [4.69, 9.17) is 37.9 Å². The Morgan fingerprint density at radius 3 is 1.84 bits per heavy atom. The van der Waals surface area contributed by atoms with Gasteiger partial charge in [-0.2, -0.15) is 0 Å². The molecule has 0 bridgehead atoms. The third-order valence-electron chi connectivity index (χ3n) is 18.1. The smallest absolute Gasteiger partial charge is 0.187 e. The van der Waals surface area contributed by atoms with E-state index in [1.54, 1.807) is 6.92 Å². The van der Waals surface area contributed by atoms with Crippen molar-refractivity contribution in [1.82, 2.24) is 0 Å². The van der Waals surface area contributed by atoms with E-state index in [2.05, 4.69) is 19.9 Å². The Morgan fingerprint density at radius 1 is 0.658 bits per heavy atom. The molecule has 0 spiro atoms. The van der Waals surface area contributed by atoms with Crippen LogP contribution in [-0.2, 0) is 47.5 Å². The fourth-order valence-corrected chi connectivity index (χ4v) is 13.5. The summed E-state index contributed by atoms with van der Waals surface area (Å²) < 4.78 is 47.6. The largest absolute Gasteiger partial charge is 0.394 e. The van der Waals surface area contributed by atoms with Gasteiger partial charge in [0, 0.05) is 18.4 Å². The van der Waals surface area contributed by atoms with Crippen LogP contribution in [0.4, 0.5) is 0 Å². The van der Waals surface area contributed by atoms with Crippen LogP contribution in [0.3, 0.4) is 0 Å². The van der Waals surface area contributed by atoms with Gasteiger partial charge in [0.15, 0.2) is 36.7 Å². The first-order valence-corrected chi connectivity index (χ1v) is 26.1. The highest BCUT2D eigenvalue weighted by molar-refractivity contribution is 6.08. The molecule has 0 aromatic rings. The first-order chi connectivity index (χ1) is 34.4. The first-order valence-electron chi connectivity index (χ1n) is 26.1. The van der Waals surface area contributed by atoms with E-state index in [1.165, 1.54) is 19.4 Å². The minimum atomic E-state index is -1.77. The summed E-state index contributed by atoms with van der Waals surface area (Å²) in [6.07, 6.45) is -22.7. The molecule has 4 unspecified atom stereocenters. The highest BCUT2D eigenvalue weighted by atomic mass is 16.8. The van der Waals surface area contributed by atoms with Crippen LogP contribution in [0.5, 0.6) is 0 Å². The zero-order valence-electron chi connectivity index (χ0n) is 42.4. The quantitative estimate of drug-likeness (QED) is 0.0632. The maximum atomic E-state index is 14.1. The predicted octanol–water partition coefficient (Wildman–Crippen LogP) is -1.86. The Labute approximate surface area is 424 Å². The number of aliphatic hydroxyl groups is 12. The molecule has 0 aromatic heterocycles. The molecule has 4 saturated heterocycles. The van der Waals surface area contributed by atoms with E-state index in [9.17, 15) is 70.9 Å². The molecule has 4 aliphatic heterocycles. The summed E-state index contributed by atoms with van der Waals surface area (Å²) in [5.41, 5.74) is 1.51. The Hall–Kier alpha value is -1.98. The minimum Gasteiger partial charge on any atom is -0.394 e. The van der Waals surface area contributed by atoms with Crippen LogP contribution < -0.4 is 0 Å². The Bertz CT molecular complexity index is 2000. The molecule has 8 rings (SSSR count). The average molecular weight is 1050 g/mol. The molecule has 4 heterocycles. The van der Waals surface area contributed by atoms with Gasteiger partial charge in [0.05, 0.1) is 38.1 Å². The highest BCUT2D eigenvalue weighted by Gasteiger charge is 2.61. The molecule has 22 heteroatoms. The van der Waals surface area contributed by atoms with Crippen LogP contribution in [0.2, 0.25) is 0 Å². The van der Waals surface area contributed by atoms with Crippen molar-refractivity contribution in [3.63, 3.8) is 0 Å². The average Bonchev–Trinajstić information content (AvgIpc) is 3.64. The molecule has 7 fully saturated rings. The molecule has 416 valence electrons. The fourth-order valence-electron chi connectivity index (χ4n) is 13.5. The summed E-state index contributed by atoms with van der Waals surface area (Å²) in [4.78, 5) is 27.9. The van der Waals surface area contributed by atoms with E-state index in [-0.39, 0.29) is 53.7 Å². The van der Waals surface area contributed by atoms with Crippen LogP contribution in [0.1, 0.15) is 99.3 Å². The number of allylic oxidation sites excluding steroid dienone is 3. The van der Waals surface area contributed by atoms with Crippen molar-refractivity contribution in [3.05, 3.63) is 22.8 Å². The van der Waals surface area contributed by atoms with Gasteiger partial charge >= 0.3 is 0 Å². The molecule has 0 aromatic carbocycles. The minimum absolute atomic E-state index is 0.00464. The van der Waals surface area contributed by atoms with Gasteiger partial charge in [0.2, 0.25) is 0 Å². The number of carbonyl (C=O) groups excluding carboxylic acids is 2. The van der Waals surface area contributed by atoms with Gasteiger partial charge in [-0.3, -0.25) is 9.59 Å². The van der Waals surface area contributed by atoms with Crippen molar-refractivity contribution in [1.29, 1.82) is 0 Å². The summed E-state index contributed by atoms with van der Waals surface area (Å²) >= 11 is 0. The predicted molar refractivity (Wildman–Crippen MR) is 249 cm³/mol. The topological polar surface area (TPSA) is 351 Å². The lowest BCUT2D eigenvalue weighted by molar-refractivity contribution is -0.388. The molecule has 22 nitrogen and oxygen atoms in total. The van der Waals surface area contributed by atoms with Gasteiger partial charge < -0.3 is 99.2 Å². The van der Waals surface area contributed by atoms with Crippen LogP contribution >= 0.6 is 0 Å². The van der Waals surface area contributed by atoms with E-state index in [0.717, 1.165) is 12.8 Å². The van der Waals surface area contributed by atoms with Crippen molar-refractivity contribution in [2.45, 2.75) is 228 Å². The molecular formula is C51H80O22. The molecule has 12 N–H and O–H groups in total. The summed E-state index contributed by atoms with van der Waals surface area (Å²) in [6.45, 7) is 9.71. The van der Waals surface area contributed by atoms with Crippen molar-refractivity contribution in [2.75, 3.05) is 19.8 Å². The van der Waals surface area contributed by atoms with Crippen molar-refractivity contribution in [2.24, 2.45) is 34.5 Å². The van der Waals surface area contributed by atoms with Gasteiger partial charge in [-0.1, -0.05) is 32.4 Å². The number of rotatable bonds is 15. The summed E-state index contributed by atoms with van der Waals surface area (Å²) in [5, 5.41) is 126. The zero-order valence-corrected chi connectivity index (χ0v) is 42.4. The summed E-state index contributed by atoms with van der Waals surface area (Å²) in [5.74, 6) is 0.112. The van der Waals surface area contributed by atoms with Gasteiger partial charge in [-0.15, -0.1) is 0 Å². The second-order valence-corrected chi connectivity index (χ2v) is 22.7. The summed E-state index contributed by atoms with van der Waals surface area (Å²) in [6, 6.07) is 0. The SMILES string of the molecule is C/C(C(=O)CCC(C)CO[C@@H]1O[C@H](CO)[C@@H](O)[C@H](O)[C@H]1O)=C1/C(=O)CC2C3CC=C4C[C@@H](O[C@@H]5O[C@H](CO)[C@@H](O[C@@H]6O[C@@H](C)[C@H](O)[C@@H](O)[C@H]6O)[C@H](O)[C@H]5O[C@@H]5O[C@@H](C)[C@H](O)[C@@H](O)[C@H]5O)CC[C@]4(C)C3CC[C@]12C. The second kappa shape index (κ2) is 22.8. The van der Waals surface area contributed by atoms with Gasteiger partial charge in [0.25, 0.3) is 0 Å². The molecule has 73 heavy (non-hydrogen) atoms. The lowest BCUT2D eigenvalue weighted by Crippen LogP contribution is -2.66. The maximum Gasteiger partial charge on any atom is 0.187 e. The van der Waals surface area contributed by atoms with Crippen LogP contribution in [0, 0.1) is 34.5 Å². The number of aliphatic hydroxyl groups excluding tert-OH is 12. The van der Waals surface area contributed by atoms with Gasteiger partial charge in [0.1, 0.15) is 85.5 Å². The second-order valence-electron chi connectivity index (χ2n) is 22.7. The molecular weight excluding hydrogens is 965 g/mol. The Kier molecular flexibility index (Phi) is 17.8. The summed E-state index contributed by atoms with van der Waals surface area (Å²) in [7, 11) is 0. The number of carbonyl (C=O) groups is 2. The fraction of sp³-hybridized carbons (Fsp3) is 0.882. The van der Waals surface area contributed by atoms with Crippen molar-refractivity contribution < 1.29 is 109 Å². The van der Waals surface area contributed by atoms with Crippen molar-refractivity contribution in [3.8, 4) is 0 Å². The third-order valence-corrected chi connectivity index (χ3v) is 18.1. The number of ether oxygens (including phenoxy) is 8. The molecule has 4 aliphatic carbocycles. The molecule has 3 saturated carbocycles. The standard InChI is InChI=1S/C51H80O22/c1-20(19-66-46-40(62)39(61)36(58)31(17-52)70-46)7-10-29(54)21(2)33-30(55)16-28-26-9-8-24-15-25(11-13-50(24,5)27(26)12-14-51(28,33)6)69-49-45(73-48-42(64)38(60)35(57)23(4)68-48)43(65)44(32(18-53)71-49)72-47-41(63)37(59)34(56)22(3)67-47/h8,20,22-23,25-28,31-32,34-49,52-53,56-65H,7,9-19H2,1-6H3/b33-21+/t20?,22-,23-,25-,26?,27?,28?,31+,32+,34-,35-,36+,37+,38+,39-,40+,41+,42+,43-,44+,45+,46+,47-,48-,49+,50-,51-/m0/s1. The Morgan fingerprint density at radius 2 is 1.22 bits per heavy atom. The molecule has 0 radical (unpaired) electrons. The first kappa shape index (κ1) is 57.2. The number of Topliss-reactive ketones (excluding diaryl/α,β-unsaturated/α-hetero) is 2. The van der Waals surface area contributed by atoms with E-state index in [0.29, 0.717) is 49.7 Å². The molecule has 0 amide bonds. The van der Waals surface area contributed by atoms with Gasteiger partial charge in [-0.25, -0.2) is 0 Å². The number of ketones is 2. The number of fused-ring (bicyclic) bond motifs is 5. The van der Waals surface area contributed by atoms with Crippen LogP contribution in [0.25, 0.3) is 0 Å². The lowest BCUT2D eigenvalue weighted by atomic mass is 9.47. The highest BCUT2D eigenvalue weighted by Crippen LogP contribution is 2.66. The molecule has 8 aliphatic rings. The van der Waals surface area contributed by atoms with Crippen LogP contribution in [0.15, 0.2) is 22.8 Å². The van der Waals surface area contributed by atoms with E-state index < -0.39 is 148 Å². The number of hydrogen-bond acceptors (Lipinski definition) is 22. The van der Waals surface area contributed by atoms with E-state index >= 15 is 0 Å². The zero-order chi connectivity index (χ0) is 53.2. The van der Waals surface area contributed by atoms with Crippen LogP contribution in [-0.4, -0.2) is 222 Å².